The zero-order chi connectivity index (χ0) is 24.3. The Morgan fingerprint density at radius 3 is 2.30 bits per heavy atom. The molecule has 170 valence electrons. The van der Waals surface area contributed by atoms with Crippen LogP contribution < -0.4 is 15.4 Å². The zero-order valence-corrected chi connectivity index (χ0v) is 20.2. The van der Waals surface area contributed by atoms with Crippen molar-refractivity contribution in [2.45, 2.75) is 5.92 Å². The van der Waals surface area contributed by atoms with Crippen molar-refractivity contribution in [3.05, 3.63) is 80.2 Å². The summed E-state index contributed by atoms with van der Waals surface area (Å²) in [5, 5.41) is 10.4. The number of hydrogen-bond acceptors (Lipinski definition) is 8. The highest BCUT2D eigenvalue weighted by Gasteiger charge is 2.43. The van der Waals surface area contributed by atoms with Crippen molar-refractivity contribution in [2.75, 3.05) is 26.2 Å². The number of carbonyl (C=O) groups is 2. The van der Waals surface area contributed by atoms with Crippen molar-refractivity contribution < 1.29 is 23.8 Å². The van der Waals surface area contributed by atoms with Crippen LogP contribution in [0.1, 0.15) is 11.5 Å². The molecule has 0 spiro atoms. The lowest BCUT2D eigenvalue weighted by atomic mass is 9.81. The van der Waals surface area contributed by atoms with Crippen LogP contribution in [0.5, 0.6) is 5.75 Å². The van der Waals surface area contributed by atoms with Crippen LogP contribution in [0, 0.1) is 11.3 Å². The molecule has 0 aliphatic carbocycles. The van der Waals surface area contributed by atoms with Gasteiger partial charge in [0, 0.05) is 10.5 Å². The van der Waals surface area contributed by atoms with Gasteiger partial charge in [-0.3, -0.25) is 4.90 Å². The maximum absolute atomic E-state index is 13.1. The van der Waals surface area contributed by atoms with Crippen LogP contribution in [0.3, 0.4) is 0 Å². The van der Waals surface area contributed by atoms with E-state index in [0.29, 0.717) is 20.7 Å². The molecule has 8 nitrogen and oxygen atoms in total. The molecule has 0 aromatic heterocycles. The molecule has 0 radical (unpaired) electrons. The molecule has 0 bridgehead atoms. The number of nitrogens with two attached hydrogens (primary N) is 1. The number of nitrogens with zero attached hydrogens (tertiary/aromatic N) is 2. The van der Waals surface area contributed by atoms with Crippen LogP contribution in [-0.4, -0.2) is 33.3 Å². The van der Waals surface area contributed by atoms with Gasteiger partial charge in [0.25, 0.3) is 0 Å². The molecule has 0 amide bonds. The molecule has 2 N–H and O–H groups in total. The molecular weight excluding hydrogens is 514 g/mol. The molecule has 10 heteroatoms. The molecule has 33 heavy (non-hydrogen) atoms. The van der Waals surface area contributed by atoms with Crippen molar-refractivity contribution >= 4 is 45.2 Å². The Morgan fingerprint density at radius 1 is 1.12 bits per heavy atom. The van der Waals surface area contributed by atoms with Gasteiger partial charge in [0.15, 0.2) is 0 Å². The zero-order valence-electron chi connectivity index (χ0n) is 17.9. The lowest BCUT2D eigenvalue weighted by Gasteiger charge is -2.36. The predicted octanol–water partition coefficient (Wildman–Crippen LogP) is 4.01. The fourth-order valence-corrected chi connectivity index (χ4v) is 4.50. The molecule has 2 aromatic carbocycles. The Labute approximate surface area is 203 Å². The number of halogens is 2. The van der Waals surface area contributed by atoms with E-state index < -0.39 is 17.9 Å². The van der Waals surface area contributed by atoms with Gasteiger partial charge < -0.3 is 19.9 Å². The minimum Gasteiger partial charge on any atom is -0.495 e. The van der Waals surface area contributed by atoms with Crippen LogP contribution in [0.15, 0.2) is 69.6 Å². The van der Waals surface area contributed by atoms with Gasteiger partial charge in [0.05, 0.1) is 55.2 Å². The predicted molar refractivity (Wildman–Crippen MR) is 125 cm³/mol. The summed E-state index contributed by atoms with van der Waals surface area (Å²) in [6, 6.07) is 13.9. The average Bonchev–Trinajstić information content (AvgIpc) is 2.83. The first-order valence-corrected chi connectivity index (χ1v) is 10.7. The summed E-state index contributed by atoms with van der Waals surface area (Å²) in [6.45, 7) is 0. The van der Waals surface area contributed by atoms with Crippen molar-refractivity contribution in [3.63, 3.8) is 0 Å². The highest BCUT2D eigenvalue weighted by atomic mass is 79.9. The quantitative estimate of drug-likeness (QED) is 0.575. The number of anilines is 1. The highest BCUT2D eigenvalue weighted by molar-refractivity contribution is 9.10. The first-order valence-electron chi connectivity index (χ1n) is 9.49. The SMILES string of the molecule is COC(=O)C1=C(C(=O)OC)N(c2cc(OC)c(Cl)cc2Br)C(N)=C(C#N)C1c1ccccc1. The van der Waals surface area contributed by atoms with E-state index in [9.17, 15) is 14.9 Å². The molecule has 2 aromatic rings. The van der Waals surface area contributed by atoms with Crippen molar-refractivity contribution in [1.82, 2.24) is 0 Å². The van der Waals surface area contributed by atoms with E-state index in [2.05, 4.69) is 22.0 Å². The maximum Gasteiger partial charge on any atom is 0.355 e. The lowest BCUT2D eigenvalue weighted by Crippen LogP contribution is -2.41. The minimum atomic E-state index is -0.957. The summed E-state index contributed by atoms with van der Waals surface area (Å²) in [6.07, 6.45) is 0. The number of benzene rings is 2. The topological polar surface area (TPSA) is 115 Å². The molecule has 3 rings (SSSR count). The number of ether oxygens (including phenoxy) is 3. The normalized spacial score (nSPS) is 15.8. The molecule has 0 saturated carbocycles. The van der Waals surface area contributed by atoms with Crippen LogP contribution in [0.2, 0.25) is 5.02 Å². The first-order chi connectivity index (χ1) is 15.8. The molecule has 1 aliphatic rings. The van der Waals surface area contributed by atoms with Gasteiger partial charge in [-0.25, -0.2) is 9.59 Å². The molecule has 1 heterocycles. The third-order valence-electron chi connectivity index (χ3n) is 5.07. The molecule has 1 atom stereocenters. The number of hydrogen-bond donors (Lipinski definition) is 1. The number of allylic oxidation sites excluding steroid dienone is 1. The average molecular weight is 533 g/mol. The van der Waals surface area contributed by atoms with E-state index in [4.69, 9.17) is 31.5 Å². The number of nitriles is 1. The Hall–Kier alpha value is -3.48. The van der Waals surface area contributed by atoms with Crippen molar-refractivity contribution in [2.24, 2.45) is 5.73 Å². The van der Waals surface area contributed by atoms with Gasteiger partial charge in [-0.05, 0) is 27.6 Å². The van der Waals surface area contributed by atoms with Crippen molar-refractivity contribution in [3.8, 4) is 11.8 Å². The fourth-order valence-electron chi connectivity index (χ4n) is 3.61. The molecule has 0 saturated heterocycles. The summed E-state index contributed by atoms with van der Waals surface area (Å²) in [7, 11) is 3.79. The number of esters is 2. The Balaban J connectivity index is 2.46. The second kappa shape index (κ2) is 9.98. The van der Waals surface area contributed by atoms with Gasteiger partial charge >= 0.3 is 11.9 Å². The summed E-state index contributed by atoms with van der Waals surface area (Å²) in [4.78, 5) is 27.4. The van der Waals surface area contributed by atoms with Gasteiger partial charge in [0.2, 0.25) is 0 Å². The number of methoxy groups -OCH3 is 3. The highest BCUT2D eigenvalue weighted by Crippen LogP contribution is 2.46. The standard InChI is InChI=1S/C23H19BrClN3O5/c1-31-17-10-16(14(24)9-15(17)25)28-20(23(30)33-3)19(22(29)32-2)18(13(11-26)21(28)27)12-7-5-4-6-8-12/h4-10,18H,27H2,1-3H3. The summed E-state index contributed by atoms with van der Waals surface area (Å²) < 4.78 is 15.8. The first kappa shape index (κ1) is 24.2. The summed E-state index contributed by atoms with van der Waals surface area (Å²) in [5.74, 6) is -2.40. The Morgan fingerprint density at radius 2 is 1.76 bits per heavy atom. The maximum atomic E-state index is 13.1. The van der Waals surface area contributed by atoms with E-state index >= 15 is 0 Å². The third-order valence-corrected chi connectivity index (χ3v) is 6.00. The molecule has 1 aliphatic heterocycles. The monoisotopic (exact) mass is 531 g/mol. The Kier molecular flexibility index (Phi) is 7.31. The summed E-state index contributed by atoms with van der Waals surface area (Å²) >= 11 is 9.63. The number of rotatable bonds is 5. The van der Waals surface area contributed by atoms with Gasteiger partial charge in [-0.1, -0.05) is 41.9 Å². The van der Waals surface area contributed by atoms with Crippen LogP contribution in [0.4, 0.5) is 5.69 Å². The largest absolute Gasteiger partial charge is 0.495 e. The third kappa shape index (κ3) is 4.27. The number of carbonyl (C=O) groups excluding carboxylic acids is 2. The van der Waals surface area contributed by atoms with E-state index in [1.165, 1.54) is 32.3 Å². The van der Waals surface area contributed by atoms with Gasteiger partial charge in [-0.2, -0.15) is 5.26 Å². The van der Waals surface area contributed by atoms with Crippen LogP contribution in [-0.2, 0) is 19.1 Å². The fraction of sp³-hybridized carbons (Fsp3) is 0.174. The lowest BCUT2D eigenvalue weighted by molar-refractivity contribution is -0.139. The van der Waals surface area contributed by atoms with E-state index in [1.54, 1.807) is 36.4 Å². The van der Waals surface area contributed by atoms with Crippen LogP contribution >= 0.6 is 27.5 Å². The van der Waals surface area contributed by atoms with Gasteiger partial charge in [-0.15, -0.1) is 0 Å². The second-order valence-corrected chi connectivity index (χ2v) is 8.03. The van der Waals surface area contributed by atoms with Crippen LogP contribution in [0.25, 0.3) is 0 Å². The second-order valence-electron chi connectivity index (χ2n) is 6.77. The van der Waals surface area contributed by atoms with E-state index in [0.717, 1.165) is 0 Å². The Bertz CT molecular complexity index is 1220. The molecule has 0 fully saturated rings. The van der Waals surface area contributed by atoms with Gasteiger partial charge in [0.1, 0.15) is 17.3 Å². The molecular formula is C23H19BrClN3O5. The van der Waals surface area contributed by atoms with E-state index in [-0.39, 0.29) is 28.4 Å². The molecule has 1 unspecified atom stereocenters. The smallest absolute Gasteiger partial charge is 0.355 e. The van der Waals surface area contributed by atoms with E-state index in [1.807, 2.05) is 0 Å². The van der Waals surface area contributed by atoms with Crippen molar-refractivity contribution in [1.29, 1.82) is 5.26 Å². The summed E-state index contributed by atoms with van der Waals surface area (Å²) in [5.41, 5.74) is 7.11. The minimum absolute atomic E-state index is 0.0510.